The summed E-state index contributed by atoms with van der Waals surface area (Å²) in [5.41, 5.74) is -2.51. The first-order valence-corrected chi connectivity index (χ1v) is 11.2. The van der Waals surface area contributed by atoms with Gasteiger partial charge in [-0.25, -0.2) is 13.6 Å². The molecule has 0 spiro atoms. The largest absolute Gasteiger partial charge is 0.497 e. The number of ether oxygens (including phenoxy) is 1. The molecule has 2 amide bonds. The number of carbonyl (C=O) groups is 2. The minimum absolute atomic E-state index is 0.0921. The molecule has 182 valence electrons. The minimum Gasteiger partial charge on any atom is -0.444 e. The van der Waals surface area contributed by atoms with Crippen LogP contribution < -0.4 is 5.46 Å². The molecule has 0 bridgehead atoms. The van der Waals surface area contributed by atoms with Crippen molar-refractivity contribution < 1.29 is 32.4 Å². The monoisotopic (exact) mass is 466 g/mol. The van der Waals surface area contributed by atoms with Crippen LogP contribution in [0.25, 0.3) is 0 Å². The Labute approximate surface area is 194 Å². The molecular weight excluding hydrogens is 433 g/mol. The summed E-state index contributed by atoms with van der Waals surface area (Å²) in [6.45, 7) is 15.0. The summed E-state index contributed by atoms with van der Waals surface area (Å²) in [5, 5.41) is 0. The third kappa shape index (κ3) is 5.01. The molecule has 0 unspecified atom stereocenters. The van der Waals surface area contributed by atoms with Crippen LogP contribution in [0.2, 0.25) is 0 Å². The highest BCUT2D eigenvalue weighted by molar-refractivity contribution is 6.62. The van der Waals surface area contributed by atoms with Crippen molar-refractivity contribution >= 4 is 24.6 Å². The van der Waals surface area contributed by atoms with Crippen molar-refractivity contribution in [1.29, 1.82) is 0 Å². The molecule has 0 aromatic heterocycles. The highest BCUT2D eigenvalue weighted by Gasteiger charge is 2.52. The van der Waals surface area contributed by atoms with E-state index >= 15 is 4.39 Å². The third-order valence-corrected chi connectivity index (χ3v) is 6.39. The fourth-order valence-electron chi connectivity index (χ4n) is 3.79. The van der Waals surface area contributed by atoms with Gasteiger partial charge in [-0.05, 0) is 61.5 Å². The fourth-order valence-corrected chi connectivity index (χ4v) is 3.79. The number of rotatable bonds is 2. The number of hydrogen-bond acceptors (Lipinski definition) is 5. The van der Waals surface area contributed by atoms with Crippen molar-refractivity contribution in [3.63, 3.8) is 0 Å². The number of hydrogen-bond donors (Lipinski definition) is 0. The Bertz CT molecular complexity index is 932. The molecule has 0 N–H and O–H groups in total. The first-order chi connectivity index (χ1) is 15.0. The van der Waals surface area contributed by atoms with Crippen LogP contribution in [0.4, 0.5) is 13.6 Å². The average molecular weight is 466 g/mol. The van der Waals surface area contributed by atoms with E-state index < -0.39 is 53.6 Å². The van der Waals surface area contributed by atoms with Gasteiger partial charge in [0.05, 0.1) is 16.8 Å². The molecule has 0 saturated carbocycles. The van der Waals surface area contributed by atoms with Crippen LogP contribution in [0.15, 0.2) is 12.1 Å². The number of carbonyl (C=O) groups excluding carboxylic acids is 2. The Morgan fingerprint density at radius 3 is 2.15 bits per heavy atom. The molecule has 3 rings (SSSR count). The fraction of sp³-hybridized carbons (Fsp3) is 0.652. The van der Waals surface area contributed by atoms with Gasteiger partial charge in [-0.2, -0.15) is 0 Å². The molecule has 2 fully saturated rings. The van der Waals surface area contributed by atoms with Crippen molar-refractivity contribution in [2.24, 2.45) is 0 Å². The molecule has 1 atom stereocenters. The van der Waals surface area contributed by atoms with Crippen LogP contribution in [-0.2, 0) is 14.0 Å². The van der Waals surface area contributed by atoms with E-state index in [1.54, 1.807) is 27.7 Å². The molecule has 1 aromatic carbocycles. The van der Waals surface area contributed by atoms with Gasteiger partial charge in [0.15, 0.2) is 11.6 Å². The molecule has 2 aliphatic rings. The standard InChI is InChI=1S/C23H33BF2N2O5/c1-14-13-27(20(30)31-21(2,3)4)11-12-28(14)19(29)15-9-10-16(18(26)17(15)25)24-32-22(5,6)23(7,8)33-24/h9-10,14H,11-13H2,1-8H3/t14-/m1/s1. The van der Waals surface area contributed by atoms with Gasteiger partial charge in [-0.1, -0.05) is 6.07 Å². The van der Waals surface area contributed by atoms with Crippen LogP contribution in [0.3, 0.4) is 0 Å². The van der Waals surface area contributed by atoms with Crippen LogP contribution in [0, 0.1) is 11.6 Å². The first kappa shape index (κ1) is 25.4. The molecule has 2 aliphatic heterocycles. The van der Waals surface area contributed by atoms with Crippen molar-refractivity contribution in [3.8, 4) is 0 Å². The second kappa shape index (κ2) is 8.54. The zero-order chi connectivity index (χ0) is 24.9. The minimum atomic E-state index is -1.24. The number of nitrogens with zero attached hydrogens (tertiary/aromatic N) is 2. The van der Waals surface area contributed by atoms with E-state index in [1.807, 2.05) is 27.7 Å². The number of piperazine rings is 1. The maximum absolute atomic E-state index is 15.0. The van der Waals surface area contributed by atoms with Gasteiger partial charge in [-0.15, -0.1) is 0 Å². The Balaban J connectivity index is 1.75. The second-order valence-corrected chi connectivity index (χ2v) is 10.7. The summed E-state index contributed by atoms with van der Waals surface area (Å²) in [4.78, 5) is 28.3. The van der Waals surface area contributed by atoms with E-state index in [0.29, 0.717) is 0 Å². The lowest BCUT2D eigenvalue weighted by Crippen LogP contribution is -2.56. The summed E-state index contributed by atoms with van der Waals surface area (Å²) < 4.78 is 47.0. The van der Waals surface area contributed by atoms with Crippen molar-refractivity contribution in [2.45, 2.75) is 78.2 Å². The van der Waals surface area contributed by atoms with Crippen LogP contribution in [-0.4, -0.2) is 71.4 Å². The molecular formula is C23H33BF2N2O5. The molecule has 2 saturated heterocycles. The smallest absolute Gasteiger partial charge is 0.444 e. The first-order valence-electron chi connectivity index (χ1n) is 11.2. The maximum Gasteiger partial charge on any atom is 0.497 e. The topological polar surface area (TPSA) is 68.3 Å². The number of benzene rings is 1. The van der Waals surface area contributed by atoms with Crippen molar-refractivity contribution in [3.05, 3.63) is 29.3 Å². The van der Waals surface area contributed by atoms with Gasteiger partial charge >= 0.3 is 13.2 Å². The van der Waals surface area contributed by atoms with Gasteiger partial charge in [0.25, 0.3) is 5.91 Å². The lowest BCUT2D eigenvalue weighted by atomic mass is 9.78. The van der Waals surface area contributed by atoms with Crippen molar-refractivity contribution in [1.82, 2.24) is 9.80 Å². The lowest BCUT2D eigenvalue weighted by Gasteiger charge is -2.40. The quantitative estimate of drug-likeness (QED) is 0.626. The lowest BCUT2D eigenvalue weighted by molar-refractivity contribution is 0.00578. The summed E-state index contributed by atoms with van der Waals surface area (Å²) in [6.07, 6.45) is -0.467. The number of halogens is 2. The van der Waals surface area contributed by atoms with E-state index in [4.69, 9.17) is 14.0 Å². The van der Waals surface area contributed by atoms with E-state index in [-0.39, 0.29) is 30.7 Å². The Morgan fingerprint density at radius 1 is 1.06 bits per heavy atom. The Morgan fingerprint density at radius 2 is 1.64 bits per heavy atom. The Hall–Kier alpha value is -2.20. The molecule has 7 nitrogen and oxygen atoms in total. The van der Waals surface area contributed by atoms with E-state index in [9.17, 15) is 14.0 Å². The average Bonchev–Trinajstić information content (AvgIpc) is 2.89. The van der Waals surface area contributed by atoms with Gasteiger partial charge in [0, 0.05) is 31.1 Å². The summed E-state index contributed by atoms with van der Waals surface area (Å²) in [6, 6.07) is 2.19. The maximum atomic E-state index is 15.0. The van der Waals surface area contributed by atoms with Gasteiger partial charge in [0.2, 0.25) is 0 Å². The van der Waals surface area contributed by atoms with E-state index in [0.717, 1.165) is 0 Å². The molecule has 0 radical (unpaired) electrons. The van der Waals surface area contributed by atoms with Crippen LogP contribution >= 0.6 is 0 Å². The third-order valence-electron chi connectivity index (χ3n) is 6.39. The predicted molar refractivity (Wildman–Crippen MR) is 120 cm³/mol. The van der Waals surface area contributed by atoms with Gasteiger partial charge in [0.1, 0.15) is 5.60 Å². The van der Waals surface area contributed by atoms with Gasteiger partial charge in [-0.3, -0.25) is 4.79 Å². The Kier molecular flexibility index (Phi) is 6.58. The van der Waals surface area contributed by atoms with E-state index in [2.05, 4.69) is 0 Å². The summed E-state index contributed by atoms with van der Waals surface area (Å²) >= 11 is 0. The highest BCUT2D eigenvalue weighted by atomic mass is 19.2. The molecule has 0 aliphatic carbocycles. The molecule has 2 heterocycles. The molecule has 10 heteroatoms. The summed E-state index contributed by atoms with van der Waals surface area (Å²) in [7, 11) is -1.08. The molecule has 33 heavy (non-hydrogen) atoms. The SMILES string of the molecule is C[C@@H]1CN(C(=O)OC(C)(C)C)CCN1C(=O)c1ccc(B2OC(C)(C)C(C)(C)O2)c(F)c1F. The van der Waals surface area contributed by atoms with Crippen molar-refractivity contribution in [2.75, 3.05) is 19.6 Å². The highest BCUT2D eigenvalue weighted by Crippen LogP contribution is 2.36. The van der Waals surface area contributed by atoms with Gasteiger partial charge < -0.3 is 23.8 Å². The zero-order valence-electron chi connectivity index (χ0n) is 20.6. The van der Waals surface area contributed by atoms with Crippen LogP contribution in [0.5, 0.6) is 0 Å². The normalized spacial score (nSPS) is 22.5. The van der Waals surface area contributed by atoms with E-state index in [1.165, 1.54) is 21.9 Å². The second-order valence-electron chi connectivity index (χ2n) is 10.7. The number of amides is 2. The van der Waals surface area contributed by atoms with Crippen LogP contribution in [0.1, 0.15) is 65.7 Å². The zero-order valence-corrected chi connectivity index (χ0v) is 20.6. The summed E-state index contributed by atoms with van der Waals surface area (Å²) in [5.74, 6) is -3.04. The predicted octanol–water partition coefficient (Wildman–Crippen LogP) is 3.35. The molecule has 1 aromatic rings.